The Bertz CT molecular complexity index is 141. The van der Waals surface area contributed by atoms with Crippen LogP contribution in [0.25, 0.3) is 0 Å². The SMILES string of the molecule is Cl.NOCc1ccco1. The van der Waals surface area contributed by atoms with E-state index in [1.807, 2.05) is 0 Å². The van der Waals surface area contributed by atoms with Gasteiger partial charge in [0.15, 0.2) is 0 Å². The molecule has 0 radical (unpaired) electrons. The summed E-state index contributed by atoms with van der Waals surface area (Å²) in [6, 6.07) is 3.58. The number of hydrogen-bond acceptors (Lipinski definition) is 3. The zero-order valence-electron chi connectivity index (χ0n) is 4.74. The number of halogens is 1. The fraction of sp³-hybridized carbons (Fsp3) is 0.200. The molecule has 1 aromatic rings. The second-order valence-corrected chi connectivity index (χ2v) is 1.39. The standard InChI is InChI=1S/C5H7NO2.ClH/c6-8-4-5-2-1-3-7-5;/h1-3H,4,6H2;1H. The third-order valence-electron chi connectivity index (χ3n) is 0.806. The third kappa shape index (κ3) is 2.51. The van der Waals surface area contributed by atoms with Crippen molar-refractivity contribution >= 4 is 12.4 Å². The highest BCUT2D eigenvalue weighted by molar-refractivity contribution is 5.85. The minimum absolute atomic E-state index is 0. The van der Waals surface area contributed by atoms with Gasteiger partial charge in [0.05, 0.1) is 6.26 Å². The van der Waals surface area contributed by atoms with Gasteiger partial charge in [-0.3, -0.25) is 4.84 Å². The van der Waals surface area contributed by atoms with Crippen LogP contribution in [0.5, 0.6) is 0 Å². The summed E-state index contributed by atoms with van der Waals surface area (Å²) in [5.41, 5.74) is 0. The van der Waals surface area contributed by atoms with E-state index in [-0.39, 0.29) is 12.4 Å². The number of furan rings is 1. The Morgan fingerprint density at radius 1 is 1.67 bits per heavy atom. The van der Waals surface area contributed by atoms with Crippen molar-refractivity contribution in [1.82, 2.24) is 0 Å². The maximum absolute atomic E-state index is 4.87. The molecule has 52 valence electrons. The minimum Gasteiger partial charge on any atom is -0.467 e. The van der Waals surface area contributed by atoms with Crippen LogP contribution < -0.4 is 5.90 Å². The van der Waals surface area contributed by atoms with Gasteiger partial charge in [0.25, 0.3) is 0 Å². The van der Waals surface area contributed by atoms with Crippen LogP contribution in [0, 0.1) is 0 Å². The largest absolute Gasteiger partial charge is 0.467 e. The van der Waals surface area contributed by atoms with Crippen molar-refractivity contribution in [2.24, 2.45) is 5.90 Å². The van der Waals surface area contributed by atoms with E-state index < -0.39 is 0 Å². The molecule has 0 aliphatic carbocycles. The lowest BCUT2D eigenvalue weighted by Crippen LogP contribution is -1.96. The summed E-state index contributed by atoms with van der Waals surface area (Å²) < 4.78 is 4.87. The highest BCUT2D eigenvalue weighted by atomic mass is 35.5. The van der Waals surface area contributed by atoms with Gasteiger partial charge in [-0.1, -0.05) is 0 Å². The number of nitrogens with two attached hydrogens (primary N) is 1. The molecule has 0 bridgehead atoms. The van der Waals surface area contributed by atoms with Crippen molar-refractivity contribution in [2.75, 3.05) is 0 Å². The fourth-order valence-corrected chi connectivity index (χ4v) is 0.477. The molecule has 4 heteroatoms. The van der Waals surface area contributed by atoms with Gasteiger partial charge in [0.1, 0.15) is 12.4 Å². The Hall–Kier alpha value is -0.510. The monoisotopic (exact) mass is 149 g/mol. The molecule has 0 saturated carbocycles. The van der Waals surface area contributed by atoms with E-state index >= 15 is 0 Å². The van der Waals surface area contributed by atoms with Gasteiger partial charge >= 0.3 is 0 Å². The molecule has 0 atom stereocenters. The topological polar surface area (TPSA) is 48.4 Å². The summed E-state index contributed by atoms with van der Waals surface area (Å²) in [4.78, 5) is 4.29. The van der Waals surface area contributed by atoms with Crippen LogP contribution in [0.4, 0.5) is 0 Å². The molecule has 9 heavy (non-hydrogen) atoms. The fourth-order valence-electron chi connectivity index (χ4n) is 0.477. The van der Waals surface area contributed by atoms with Crippen LogP contribution in [-0.4, -0.2) is 0 Å². The van der Waals surface area contributed by atoms with Crippen molar-refractivity contribution in [3.05, 3.63) is 24.2 Å². The third-order valence-corrected chi connectivity index (χ3v) is 0.806. The molecule has 3 nitrogen and oxygen atoms in total. The van der Waals surface area contributed by atoms with E-state index in [9.17, 15) is 0 Å². The Balaban J connectivity index is 0.000000640. The first kappa shape index (κ1) is 8.49. The van der Waals surface area contributed by atoms with Gasteiger partial charge in [-0.2, -0.15) is 0 Å². The summed E-state index contributed by atoms with van der Waals surface area (Å²) in [6.45, 7) is 0.340. The lowest BCUT2D eigenvalue weighted by molar-refractivity contribution is 0.108. The van der Waals surface area contributed by atoms with Gasteiger partial charge < -0.3 is 4.42 Å². The number of rotatable bonds is 2. The Morgan fingerprint density at radius 2 is 2.44 bits per heavy atom. The van der Waals surface area contributed by atoms with Crippen LogP contribution in [0.2, 0.25) is 0 Å². The Morgan fingerprint density at radius 3 is 2.89 bits per heavy atom. The van der Waals surface area contributed by atoms with E-state index in [0.717, 1.165) is 5.76 Å². The van der Waals surface area contributed by atoms with Crippen molar-refractivity contribution < 1.29 is 9.25 Å². The smallest absolute Gasteiger partial charge is 0.131 e. The normalized spacial score (nSPS) is 8.56. The van der Waals surface area contributed by atoms with Crippen LogP contribution in [0.15, 0.2) is 22.8 Å². The Kier molecular flexibility index (Phi) is 4.13. The first-order valence-corrected chi connectivity index (χ1v) is 2.27. The molecule has 1 aromatic heterocycles. The molecule has 0 amide bonds. The van der Waals surface area contributed by atoms with E-state index in [2.05, 4.69) is 4.84 Å². The van der Waals surface area contributed by atoms with E-state index in [4.69, 9.17) is 10.3 Å². The average molecular weight is 150 g/mol. The summed E-state index contributed by atoms with van der Waals surface area (Å²) in [5.74, 6) is 5.50. The van der Waals surface area contributed by atoms with Crippen molar-refractivity contribution in [3.63, 3.8) is 0 Å². The van der Waals surface area contributed by atoms with Gasteiger partial charge in [-0.05, 0) is 12.1 Å². The average Bonchev–Trinajstić information content (AvgIpc) is 2.19. The van der Waals surface area contributed by atoms with Crippen LogP contribution in [0.3, 0.4) is 0 Å². The second-order valence-electron chi connectivity index (χ2n) is 1.39. The predicted octanol–water partition coefficient (Wildman–Crippen LogP) is 1.09. The lowest BCUT2D eigenvalue weighted by Gasteiger charge is -1.88. The zero-order valence-corrected chi connectivity index (χ0v) is 5.56. The molecule has 0 aromatic carbocycles. The molecular formula is C5H8ClNO2. The summed E-state index contributed by atoms with van der Waals surface area (Å²) in [5, 5.41) is 0. The minimum atomic E-state index is 0. The molecule has 1 rings (SSSR count). The molecule has 0 aliphatic rings. The van der Waals surface area contributed by atoms with Gasteiger partial charge in [0.2, 0.25) is 0 Å². The summed E-state index contributed by atoms with van der Waals surface area (Å²) in [6.07, 6.45) is 1.58. The van der Waals surface area contributed by atoms with Crippen molar-refractivity contribution in [3.8, 4) is 0 Å². The Labute approximate surface area is 59.2 Å². The zero-order chi connectivity index (χ0) is 5.82. The van der Waals surface area contributed by atoms with Crippen molar-refractivity contribution in [1.29, 1.82) is 0 Å². The highest BCUT2D eigenvalue weighted by Gasteiger charge is 1.89. The molecule has 1 heterocycles. The van der Waals surface area contributed by atoms with Crippen LogP contribution in [0.1, 0.15) is 5.76 Å². The molecule has 2 N–H and O–H groups in total. The molecule has 0 spiro atoms. The quantitative estimate of drug-likeness (QED) is 0.641. The lowest BCUT2D eigenvalue weighted by atomic mass is 10.5. The van der Waals surface area contributed by atoms with E-state index in [0.29, 0.717) is 6.61 Å². The second kappa shape index (κ2) is 4.38. The molecule has 0 unspecified atom stereocenters. The predicted molar refractivity (Wildman–Crippen MR) is 34.9 cm³/mol. The molecular weight excluding hydrogens is 142 g/mol. The molecule has 0 saturated heterocycles. The highest BCUT2D eigenvalue weighted by Crippen LogP contribution is 1.98. The molecule has 0 fully saturated rings. The van der Waals surface area contributed by atoms with Crippen molar-refractivity contribution in [2.45, 2.75) is 6.61 Å². The van der Waals surface area contributed by atoms with Gasteiger partial charge in [-0.25, -0.2) is 5.90 Å². The van der Waals surface area contributed by atoms with Gasteiger partial charge in [-0.15, -0.1) is 12.4 Å². The number of hydrogen-bond donors (Lipinski definition) is 1. The van der Waals surface area contributed by atoms with Gasteiger partial charge in [0, 0.05) is 0 Å². The van der Waals surface area contributed by atoms with Crippen LogP contribution >= 0.6 is 12.4 Å². The van der Waals surface area contributed by atoms with Crippen LogP contribution in [-0.2, 0) is 11.4 Å². The maximum atomic E-state index is 4.87. The summed E-state index contributed by atoms with van der Waals surface area (Å²) in [7, 11) is 0. The summed E-state index contributed by atoms with van der Waals surface area (Å²) >= 11 is 0. The maximum Gasteiger partial charge on any atom is 0.131 e. The first-order valence-electron chi connectivity index (χ1n) is 2.27. The van der Waals surface area contributed by atoms with E-state index in [1.165, 1.54) is 0 Å². The first-order chi connectivity index (χ1) is 3.93. The molecule has 0 aliphatic heterocycles. The van der Waals surface area contributed by atoms with E-state index in [1.54, 1.807) is 18.4 Å².